The third kappa shape index (κ3) is 3.91. The van der Waals surface area contributed by atoms with E-state index in [9.17, 15) is 14.4 Å². The second-order valence-electron chi connectivity index (χ2n) is 5.91. The number of likely N-dealkylation sites (N-methyl/N-ethyl adjacent to an activating group) is 1. The first-order valence-electron chi connectivity index (χ1n) is 8.41. The van der Waals surface area contributed by atoms with Gasteiger partial charge in [0.2, 0.25) is 0 Å². The molecule has 1 atom stereocenters. The average molecular weight is 353 g/mol. The van der Waals surface area contributed by atoms with Gasteiger partial charge in [0, 0.05) is 13.0 Å². The van der Waals surface area contributed by atoms with E-state index in [-0.39, 0.29) is 12.5 Å². The maximum Gasteiger partial charge on any atom is 0.339 e. The first-order valence-corrected chi connectivity index (χ1v) is 8.41. The molecule has 1 unspecified atom stereocenters. The van der Waals surface area contributed by atoms with Crippen molar-refractivity contribution in [3.8, 4) is 0 Å². The van der Waals surface area contributed by atoms with Crippen LogP contribution in [-0.4, -0.2) is 31.0 Å². The van der Waals surface area contributed by atoms with Crippen LogP contribution in [0.15, 0.2) is 48.5 Å². The summed E-state index contributed by atoms with van der Waals surface area (Å²) in [5.74, 6) is -1.37. The Morgan fingerprint density at radius 3 is 2.69 bits per heavy atom. The van der Waals surface area contributed by atoms with Gasteiger partial charge in [-0.1, -0.05) is 30.3 Å². The summed E-state index contributed by atoms with van der Waals surface area (Å²) in [5.41, 5.74) is 2.37. The van der Waals surface area contributed by atoms with Crippen LogP contribution in [0, 0.1) is 0 Å². The number of rotatable bonds is 5. The summed E-state index contributed by atoms with van der Waals surface area (Å²) in [7, 11) is 0. The molecule has 0 aromatic heterocycles. The van der Waals surface area contributed by atoms with Gasteiger partial charge in [-0.15, -0.1) is 0 Å². The molecule has 2 aromatic carbocycles. The summed E-state index contributed by atoms with van der Waals surface area (Å²) in [6.07, 6.45) is 0.0838. The molecule has 26 heavy (non-hydrogen) atoms. The van der Waals surface area contributed by atoms with Gasteiger partial charge >= 0.3 is 11.9 Å². The number of hydrogen-bond acceptors (Lipinski definition) is 5. The Kier molecular flexibility index (Phi) is 5.31. The van der Waals surface area contributed by atoms with E-state index in [2.05, 4.69) is 5.32 Å². The highest BCUT2D eigenvalue weighted by atomic mass is 16.5. The van der Waals surface area contributed by atoms with Crippen molar-refractivity contribution in [3.63, 3.8) is 0 Å². The predicted molar refractivity (Wildman–Crippen MR) is 93.7 cm³/mol. The van der Waals surface area contributed by atoms with Crippen LogP contribution in [0.2, 0.25) is 0 Å². The molecule has 0 spiro atoms. The maximum absolute atomic E-state index is 12.2. The molecule has 2 aromatic rings. The Hall–Kier alpha value is -3.15. The second kappa shape index (κ2) is 7.82. The summed E-state index contributed by atoms with van der Waals surface area (Å²) in [6.45, 7) is 1.92. The monoisotopic (exact) mass is 353 g/mol. The van der Waals surface area contributed by atoms with Crippen molar-refractivity contribution in [3.05, 3.63) is 70.8 Å². The quantitative estimate of drug-likeness (QED) is 0.835. The van der Waals surface area contributed by atoms with Crippen LogP contribution in [0.1, 0.15) is 44.9 Å². The lowest BCUT2D eigenvalue weighted by atomic mass is 9.93. The third-order valence-electron chi connectivity index (χ3n) is 4.10. The van der Waals surface area contributed by atoms with Crippen LogP contribution < -0.4 is 5.32 Å². The predicted octanol–water partition coefficient (Wildman–Crippen LogP) is 2.43. The molecule has 1 N–H and O–H groups in total. The Balaban J connectivity index is 1.76. The van der Waals surface area contributed by atoms with Crippen molar-refractivity contribution in [2.75, 3.05) is 13.2 Å². The van der Waals surface area contributed by atoms with Gasteiger partial charge in [-0.25, -0.2) is 9.59 Å². The number of carbonyl (C=O) groups is 3. The highest BCUT2D eigenvalue weighted by molar-refractivity contribution is 5.96. The third-order valence-corrected chi connectivity index (χ3v) is 4.10. The van der Waals surface area contributed by atoms with Crippen molar-refractivity contribution in [1.29, 1.82) is 0 Å². The van der Waals surface area contributed by atoms with Gasteiger partial charge in [0.15, 0.2) is 6.61 Å². The topological polar surface area (TPSA) is 81.7 Å². The molecule has 1 heterocycles. The highest BCUT2D eigenvalue weighted by Gasteiger charge is 2.28. The van der Waals surface area contributed by atoms with Gasteiger partial charge < -0.3 is 14.8 Å². The van der Waals surface area contributed by atoms with Crippen molar-refractivity contribution in [2.24, 2.45) is 0 Å². The molecule has 0 saturated heterocycles. The minimum atomic E-state index is -0.603. The van der Waals surface area contributed by atoms with Crippen LogP contribution in [0.3, 0.4) is 0 Å². The van der Waals surface area contributed by atoms with E-state index in [0.29, 0.717) is 24.1 Å². The normalized spacial score (nSPS) is 15.6. The molecule has 134 valence electrons. The molecular formula is C20H19NO5. The van der Waals surface area contributed by atoms with E-state index in [4.69, 9.17) is 9.47 Å². The van der Waals surface area contributed by atoms with Crippen LogP contribution >= 0.6 is 0 Å². The fourth-order valence-corrected chi connectivity index (χ4v) is 2.84. The number of hydrogen-bond donors (Lipinski definition) is 1. The Morgan fingerprint density at radius 2 is 1.96 bits per heavy atom. The Morgan fingerprint density at radius 1 is 1.19 bits per heavy atom. The zero-order valence-corrected chi connectivity index (χ0v) is 14.4. The summed E-state index contributed by atoms with van der Waals surface area (Å²) >= 11 is 0. The van der Waals surface area contributed by atoms with Crippen LogP contribution in [0.4, 0.5) is 0 Å². The molecule has 1 aliphatic heterocycles. The molecule has 1 aliphatic rings. The second-order valence-corrected chi connectivity index (χ2v) is 5.91. The van der Waals surface area contributed by atoms with Gasteiger partial charge in [0.1, 0.15) is 6.10 Å². The molecule has 0 radical (unpaired) electrons. The van der Waals surface area contributed by atoms with E-state index in [0.717, 1.165) is 11.1 Å². The smallest absolute Gasteiger partial charge is 0.339 e. The minimum absolute atomic E-state index is 0.301. The largest absolute Gasteiger partial charge is 0.454 e. The SMILES string of the molecule is CCNC(=O)COC(=O)c1ccc2c(c1)CC(c1ccccc1)OC2=O. The first-order chi connectivity index (χ1) is 12.6. The van der Waals surface area contributed by atoms with Gasteiger partial charge in [0.05, 0.1) is 11.1 Å². The van der Waals surface area contributed by atoms with Crippen molar-refractivity contribution in [1.82, 2.24) is 5.32 Å². The van der Waals surface area contributed by atoms with Crippen LogP contribution in [0.25, 0.3) is 0 Å². The molecule has 6 nitrogen and oxygen atoms in total. The van der Waals surface area contributed by atoms with Gasteiger partial charge in [0.25, 0.3) is 5.91 Å². The average Bonchev–Trinajstić information content (AvgIpc) is 2.66. The fraction of sp³-hybridized carbons (Fsp3) is 0.250. The number of benzene rings is 2. The summed E-state index contributed by atoms with van der Waals surface area (Å²) in [5, 5.41) is 2.55. The fourth-order valence-electron chi connectivity index (χ4n) is 2.84. The molecule has 0 fully saturated rings. The summed E-state index contributed by atoms with van der Waals surface area (Å²) < 4.78 is 10.5. The molecular weight excluding hydrogens is 334 g/mol. The Labute approximate surface area is 151 Å². The van der Waals surface area contributed by atoms with E-state index >= 15 is 0 Å². The zero-order valence-electron chi connectivity index (χ0n) is 14.4. The lowest BCUT2D eigenvalue weighted by Crippen LogP contribution is -2.28. The lowest BCUT2D eigenvalue weighted by molar-refractivity contribution is -0.124. The molecule has 1 amide bonds. The van der Waals surface area contributed by atoms with Gasteiger partial charge in [-0.3, -0.25) is 4.79 Å². The maximum atomic E-state index is 12.2. The first kappa shape index (κ1) is 17.7. The van der Waals surface area contributed by atoms with E-state index in [1.165, 1.54) is 6.07 Å². The summed E-state index contributed by atoms with van der Waals surface area (Å²) in [4.78, 5) is 35.8. The summed E-state index contributed by atoms with van der Waals surface area (Å²) in [6, 6.07) is 14.1. The Bertz CT molecular complexity index is 831. The number of amides is 1. The van der Waals surface area contributed by atoms with Crippen molar-refractivity contribution >= 4 is 17.8 Å². The molecule has 3 rings (SSSR count). The van der Waals surface area contributed by atoms with Crippen molar-refractivity contribution in [2.45, 2.75) is 19.4 Å². The van der Waals surface area contributed by atoms with Crippen LogP contribution in [-0.2, 0) is 20.7 Å². The minimum Gasteiger partial charge on any atom is -0.454 e. The lowest BCUT2D eigenvalue weighted by Gasteiger charge is -2.25. The van der Waals surface area contributed by atoms with Crippen LogP contribution in [0.5, 0.6) is 0 Å². The number of nitrogens with one attached hydrogen (secondary N) is 1. The zero-order chi connectivity index (χ0) is 18.5. The van der Waals surface area contributed by atoms with E-state index < -0.39 is 18.0 Å². The molecule has 6 heteroatoms. The number of esters is 2. The molecule has 0 saturated carbocycles. The van der Waals surface area contributed by atoms with Gasteiger partial charge in [-0.05, 0) is 36.2 Å². The standard InChI is InChI=1S/C20H19NO5/c1-2-21-18(22)12-25-19(23)14-8-9-16-15(10-14)11-17(26-20(16)24)13-6-4-3-5-7-13/h3-10,17H,2,11-12H2,1H3,(H,21,22). The van der Waals surface area contributed by atoms with Gasteiger partial charge in [-0.2, -0.15) is 0 Å². The van der Waals surface area contributed by atoms with E-state index in [1.54, 1.807) is 19.1 Å². The number of cyclic esters (lactones) is 1. The molecule has 0 bridgehead atoms. The highest BCUT2D eigenvalue weighted by Crippen LogP contribution is 2.31. The van der Waals surface area contributed by atoms with E-state index in [1.807, 2.05) is 30.3 Å². The number of carbonyl (C=O) groups excluding carboxylic acids is 3. The van der Waals surface area contributed by atoms with Crippen molar-refractivity contribution < 1.29 is 23.9 Å². The number of ether oxygens (including phenoxy) is 2. The molecule has 0 aliphatic carbocycles. The number of fused-ring (bicyclic) bond motifs is 1.